The molecule has 1 amide bonds. The Hall–Kier alpha value is -3.00. The van der Waals surface area contributed by atoms with E-state index in [-0.39, 0.29) is 10.8 Å². The Kier molecular flexibility index (Phi) is 5.33. The topological polar surface area (TPSA) is 68.5 Å². The van der Waals surface area contributed by atoms with Crippen LogP contribution < -0.4 is 5.32 Å². The molecule has 1 N–H and O–H groups in total. The average molecular weight is 412 g/mol. The van der Waals surface area contributed by atoms with Crippen LogP contribution in [0.2, 0.25) is 5.02 Å². The van der Waals surface area contributed by atoms with Crippen LogP contribution in [0.1, 0.15) is 23.0 Å². The van der Waals surface area contributed by atoms with Gasteiger partial charge in [-0.2, -0.15) is 13.2 Å². The van der Waals surface area contributed by atoms with Crippen LogP contribution in [0, 0.1) is 0 Å². The maximum absolute atomic E-state index is 13.1. The van der Waals surface area contributed by atoms with E-state index in [0.717, 1.165) is 6.07 Å². The second kappa shape index (κ2) is 7.55. The zero-order chi connectivity index (χ0) is 20.5. The monoisotopic (exact) mass is 411 g/mol. The van der Waals surface area contributed by atoms with Gasteiger partial charge in [-0.15, -0.1) is 0 Å². The molecule has 9 heteroatoms. The van der Waals surface area contributed by atoms with Crippen molar-refractivity contribution in [2.45, 2.75) is 19.2 Å². The molecular weight excluding hydrogens is 399 g/mol. The third kappa shape index (κ3) is 4.28. The van der Waals surface area contributed by atoms with E-state index in [2.05, 4.69) is 5.32 Å². The summed E-state index contributed by atoms with van der Waals surface area (Å²) in [5, 5.41) is 2.64. The number of carbonyl (C=O) groups excluding carboxylic acids is 2. The van der Waals surface area contributed by atoms with E-state index in [4.69, 9.17) is 20.8 Å². The molecule has 146 valence electrons. The Labute approximate surface area is 162 Å². The number of furan rings is 1. The maximum Gasteiger partial charge on any atom is 0.418 e. The van der Waals surface area contributed by atoms with Crippen molar-refractivity contribution < 1.29 is 31.9 Å². The molecule has 0 fully saturated rings. The predicted octanol–water partition coefficient (Wildman–Crippen LogP) is 5.29. The number of halogens is 4. The molecule has 1 heterocycles. The number of amides is 1. The fourth-order valence-electron chi connectivity index (χ4n) is 2.45. The van der Waals surface area contributed by atoms with Gasteiger partial charge in [-0.05, 0) is 37.3 Å². The number of nitrogens with one attached hydrogen (secondary N) is 1. The van der Waals surface area contributed by atoms with Crippen LogP contribution in [0.25, 0.3) is 11.0 Å². The highest BCUT2D eigenvalue weighted by Gasteiger charge is 2.34. The van der Waals surface area contributed by atoms with E-state index in [1.54, 1.807) is 24.3 Å². The quantitative estimate of drug-likeness (QED) is 0.592. The lowest BCUT2D eigenvalue weighted by atomic mass is 10.1. The lowest BCUT2D eigenvalue weighted by molar-refractivity contribution is -0.137. The van der Waals surface area contributed by atoms with Crippen molar-refractivity contribution in [1.29, 1.82) is 0 Å². The largest absolute Gasteiger partial charge is 0.449 e. The SMILES string of the molecule is C[C@@H](OC(=O)c1cc2ccccc2o1)C(=O)Nc1ccc(Cl)cc1C(F)(F)F. The van der Waals surface area contributed by atoms with Crippen LogP contribution in [-0.2, 0) is 15.7 Å². The molecule has 0 aliphatic rings. The summed E-state index contributed by atoms with van der Waals surface area (Å²) in [7, 11) is 0. The number of benzene rings is 2. The van der Waals surface area contributed by atoms with Gasteiger partial charge in [-0.3, -0.25) is 4.79 Å². The van der Waals surface area contributed by atoms with Gasteiger partial charge in [0.1, 0.15) is 5.58 Å². The lowest BCUT2D eigenvalue weighted by Crippen LogP contribution is -2.30. The molecule has 0 aliphatic heterocycles. The van der Waals surface area contributed by atoms with Crippen LogP contribution in [0.3, 0.4) is 0 Å². The molecule has 0 radical (unpaired) electrons. The molecule has 3 aromatic rings. The minimum atomic E-state index is -4.72. The normalized spacial score (nSPS) is 12.6. The van der Waals surface area contributed by atoms with Gasteiger partial charge in [0, 0.05) is 10.4 Å². The minimum absolute atomic E-state index is 0.122. The Morgan fingerprint density at radius 2 is 1.86 bits per heavy atom. The van der Waals surface area contributed by atoms with Crippen molar-refractivity contribution in [3.05, 3.63) is 64.9 Å². The number of fused-ring (bicyclic) bond motifs is 1. The highest BCUT2D eigenvalue weighted by atomic mass is 35.5. The van der Waals surface area contributed by atoms with Gasteiger partial charge in [-0.1, -0.05) is 29.8 Å². The first-order valence-electron chi connectivity index (χ1n) is 8.02. The summed E-state index contributed by atoms with van der Waals surface area (Å²) in [6, 6.07) is 11.2. The van der Waals surface area contributed by atoms with Gasteiger partial charge < -0.3 is 14.5 Å². The molecule has 0 unspecified atom stereocenters. The molecule has 0 spiro atoms. The molecule has 1 aromatic heterocycles. The number of para-hydroxylation sites is 1. The summed E-state index contributed by atoms with van der Waals surface area (Å²) in [5.74, 6) is -1.97. The van der Waals surface area contributed by atoms with Crippen molar-refractivity contribution >= 4 is 40.1 Å². The van der Waals surface area contributed by atoms with E-state index >= 15 is 0 Å². The van der Waals surface area contributed by atoms with E-state index in [0.29, 0.717) is 17.0 Å². The number of ether oxygens (including phenoxy) is 1. The summed E-state index contributed by atoms with van der Waals surface area (Å²) in [4.78, 5) is 24.4. The smallest absolute Gasteiger partial charge is 0.418 e. The second-order valence-electron chi connectivity index (χ2n) is 5.87. The molecule has 0 aliphatic carbocycles. The summed E-state index contributed by atoms with van der Waals surface area (Å²) in [6.07, 6.45) is -6.08. The maximum atomic E-state index is 13.1. The van der Waals surface area contributed by atoms with Gasteiger partial charge in [0.25, 0.3) is 5.91 Å². The summed E-state index contributed by atoms with van der Waals surface area (Å²) in [5.41, 5.74) is -1.14. The van der Waals surface area contributed by atoms with Crippen LogP contribution in [0.4, 0.5) is 18.9 Å². The number of hydrogen-bond acceptors (Lipinski definition) is 4. The van der Waals surface area contributed by atoms with Gasteiger partial charge in [-0.25, -0.2) is 4.79 Å². The first-order chi connectivity index (χ1) is 13.1. The standard InChI is InChI=1S/C19H13ClF3NO4/c1-10(27-18(26)16-8-11-4-2-3-5-15(11)28-16)17(25)24-14-7-6-12(20)9-13(14)19(21,22)23/h2-10H,1H3,(H,24,25)/t10-/m1/s1. The Bertz CT molecular complexity index is 1010. The molecule has 0 saturated carbocycles. The van der Waals surface area contributed by atoms with E-state index < -0.39 is 35.4 Å². The minimum Gasteiger partial charge on any atom is -0.449 e. The zero-order valence-corrected chi connectivity index (χ0v) is 15.1. The molecule has 1 atom stereocenters. The van der Waals surface area contributed by atoms with Crippen LogP contribution in [-0.4, -0.2) is 18.0 Å². The molecule has 28 heavy (non-hydrogen) atoms. The third-order valence-electron chi connectivity index (χ3n) is 3.82. The number of rotatable bonds is 4. The highest BCUT2D eigenvalue weighted by molar-refractivity contribution is 6.30. The van der Waals surface area contributed by atoms with Crippen LogP contribution >= 0.6 is 11.6 Å². The fourth-order valence-corrected chi connectivity index (χ4v) is 2.62. The molecular formula is C19H13ClF3NO4. The highest BCUT2D eigenvalue weighted by Crippen LogP contribution is 2.36. The van der Waals surface area contributed by atoms with Crippen molar-refractivity contribution in [1.82, 2.24) is 0 Å². The van der Waals surface area contributed by atoms with E-state index in [1.807, 2.05) is 0 Å². The summed E-state index contributed by atoms with van der Waals surface area (Å²) >= 11 is 5.60. The molecule has 3 rings (SSSR count). The second-order valence-corrected chi connectivity index (χ2v) is 6.31. The van der Waals surface area contributed by atoms with Crippen molar-refractivity contribution in [2.75, 3.05) is 5.32 Å². The van der Waals surface area contributed by atoms with Gasteiger partial charge >= 0.3 is 12.1 Å². The first-order valence-corrected chi connectivity index (χ1v) is 8.40. The summed E-state index contributed by atoms with van der Waals surface area (Å²) in [6.45, 7) is 1.24. The lowest BCUT2D eigenvalue weighted by Gasteiger charge is -2.16. The summed E-state index contributed by atoms with van der Waals surface area (Å²) < 4.78 is 49.6. The fraction of sp³-hybridized carbons (Fsp3) is 0.158. The average Bonchev–Trinajstić information content (AvgIpc) is 3.06. The van der Waals surface area contributed by atoms with E-state index in [9.17, 15) is 22.8 Å². The van der Waals surface area contributed by atoms with Crippen molar-refractivity contribution in [2.24, 2.45) is 0 Å². The number of esters is 1. The number of anilines is 1. The van der Waals surface area contributed by atoms with Gasteiger partial charge in [0.2, 0.25) is 5.76 Å². The number of carbonyl (C=O) groups is 2. The van der Waals surface area contributed by atoms with Crippen molar-refractivity contribution in [3.8, 4) is 0 Å². The Morgan fingerprint density at radius 3 is 2.54 bits per heavy atom. The molecule has 0 saturated heterocycles. The third-order valence-corrected chi connectivity index (χ3v) is 4.06. The number of alkyl halides is 3. The van der Waals surface area contributed by atoms with Crippen LogP contribution in [0.5, 0.6) is 0 Å². The molecule has 0 bridgehead atoms. The van der Waals surface area contributed by atoms with Crippen LogP contribution in [0.15, 0.2) is 52.9 Å². The molecule has 5 nitrogen and oxygen atoms in total. The zero-order valence-electron chi connectivity index (χ0n) is 14.3. The number of hydrogen-bond donors (Lipinski definition) is 1. The van der Waals surface area contributed by atoms with Gasteiger partial charge in [0.05, 0.1) is 11.3 Å². The predicted molar refractivity (Wildman–Crippen MR) is 96.2 cm³/mol. The molecule has 2 aromatic carbocycles. The van der Waals surface area contributed by atoms with Gasteiger partial charge in [0.15, 0.2) is 6.10 Å². The Balaban J connectivity index is 1.72. The van der Waals surface area contributed by atoms with E-state index in [1.165, 1.54) is 19.1 Å². The van der Waals surface area contributed by atoms with Crippen molar-refractivity contribution in [3.63, 3.8) is 0 Å². The first kappa shape index (κ1) is 19.8. The Morgan fingerprint density at radius 1 is 1.14 bits per heavy atom.